The number of amides is 2. The van der Waals surface area contributed by atoms with E-state index in [4.69, 9.17) is 0 Å². The Hall–Kier alpha value is -2.17. The van der Waals surface area contributed by atoms with Gasteiger partial charge in [-0.2, -0.15) is 0 Å². The largest absolute Gasteiger partial charge is 0.315 e. The summed E-state index contributed by atoms with van der Waals surface area (Å²) in [7, 11) is 3.27. The first-order valence-electron chi connectivity index (χ1n) is 5.60. The third-order valence-corrected chi connectivity index (χ3v) is 3.13. The van der Waals surface area contributed by atoms with Gasteiger partial charge < -0.3 is 9.80 Å². The van der Waals surface area contributed by atoms with Crippen molar-refractivity contribution in [1.29, 1.82) is 0 Å². The number of nitrogens with zero attached hydrogens (tertiary/aromatic N) is 2. The molecule has 0 radical (unpaired) electrons. The number of Topliss-reactive ketones (excluding diaryl/α,β-unsaturated/α-hetero) is 1. The van der Waals surface area contributed by atoms with Crippen LogP contribution < -0.4 is 9.80 Å². The monoisotopic (exact) mass is 246 g/mol. The van der Waals surface area contributed by atoms with Crippen molar-refractivity contribution in [2.24, 2.45) is 0 Å². The highest BCUT2D eigenvalue weighted by atomic mass is 16.2. The van der Waals surface area contributed by atoms with Crippen molar-refractivity contribution in [2.75, 3.05) is 23.9 Å². The van der Waals surface area contributed by atoms with Gasteiger partial charge in [-0.3, -0.25) is 14.4 Å². The number of anilines is 2. The molecule has 1 aromatic carbocycles. The van der Waals surface area contributed by atoms with E-state index < -0.39 is 11.7 Å². The number of hydrogen-bond acceptors (Lipinski definition) is 3. The van der Waals surface area contributed by atoms with Gasteiger partial charge >= 0.3 is 0 Å². The van der Waals surface area contributed by atoms with Gasteiger partial charge in [0.05, 0.1) is 6.42 Å². The van der Waals surface area contributed by atoms with Crippen LogP contribution in [0.1, 0.15) is 12.5 Å². The van der Waals surface area contributed by atoms with E-state index in [2.05, 4.69) is 0 Å². The zero-order valence-corrected chi connectivity index (χ0v) is 10.6. The molecule has 5 nitrogen and oxygen atoms in total. The maximum atomic E-state index is 11.6. The minimum Gasteiger partial charge on any atom is -0.315 e. The average Bonchev–Trinajstić information content (AvgIpc) is 2.62. The standard InChI is InChI=1S/C13H14N2O3/c1-8(16)13(18)14(2)10-4-5-11-9(6-10)7-12(17)15(11)3/h4-6H,7H2,1-3H3. The van der Waals surface area contributed by atoms with Crippen molar-refractivity contribution < 1.29 is 14.4 Å². The molecule has 0 atom stereocenters. The lowest BCUT2D eigenvalue weighted by Gasteiger charge is -2.17. The molecule has 18 heavy (non-hydrogen) atoms. The van der Waals surface area contributed by atoms with Gasteiger partial charge in [0, 0.05) is 32.4 Å². The molecule has 1 aliphatic rings. The van der Waals surface area contributed by atoms with Crippen molar-refractivity contribution in [3.05, 3.63) is 23.8 Å². The third kappa shape index (κ3) is 1.88. The second kappa shape index (κ2) is 4.25. The first-order valence-corrected chi connectivity index (χ1v) is 5.60. The van der Waals surface area contributed by atoms with E-state index >= 15 is 0 Å². The Labute approximate surface area is 105 Å². The van der Waals surface area contributed by atoms with E-state index in [9.17, 15) is 14.4 Å². The molecule has 0 fully saturated rings. The molecule has 0 spiro atoms. The second-order valence-electron chi connectivity index (χ2n) is 4.36. The Bertz CT molecular complexity index is 551. The van der Waals surface area contributed by atoms with E-state index in [0.29, 0.717) is 12.1 Å². The van der Waals surface area contributed by atoms with Gasteiger partial charge in [-0.25, -0.2) is 0 Å². The minimum atomic E-state index is -0.562. The van der Waals surface area contributed by atoms with Gasteiger partial charge in [0.2, 0.25) is 11.7 Å². The Morgan fingerprint density at radius 2 is 2.00 bits per heavy atom. The predicted molar refractivity (Wildman–Crippen MR) is 67.6 cm³/mol. The molecule has 1 aromatic rings. The smallest absolute Gasteiger partial charge is 0.293 e. The van der Waals surface area contributed by atoms with Gasteiger partial charge in [0.15, 0.2) is 0 Å². The Morgan fingerprint density at radius 1 is 1.33 bits per heavy atom. The molecule has 0 saturated carbocycles. The fourth-order valence-corrected chi connectivity index (χ4v) is 2.02. The molecule has 0 N–H and O–H groups in total. The molecule has 94 valence electrons. The summed E-state index contributed by atoms with van der Waals surface area (Å²) in [5.41, 5.74) is 2.35. The zero-order chi connectivity index (χ0) is 13.4. The van der Waals surface area contributed by atoms with E-state index in [-0.39, 0.29) is 5.91 Å². The topological polar surface area (TPSA) is 57.7 Å². The highest BCUT2D eigenvalue weighted by molar-refractivity contribution is 6.40. The maximum absolute atomic E-state index is 11.6. The molecule has 0 aromatic heterocycles. The Balaban J connectivity index is 2.34. The number of ketones is 1. The number of likely N-dealkylation sites (N-methyl/N-ethyl adjacent to an activating group) is 2. The number of benzene rings is 1. The molecular formula is C13H14N2O3. The predicted octanol–water partition coefficient (Wildman–Crippen LogP) is 0.757. The summed E-state index contributed by atoms with van der Waals surface area (Å²) < 4.78 is 0. The number of hydrogen-bond donors (Lipinski definition) is 0. The average molecular weight is 246 g/mol. The summed E-state index contributed by atoms with van der Waals surface area (Å²) >= 11 is 0. The van der Waals surface area contributed by atoms with Gasteiger partial charge in [0.1, 0.15) is 0 Å². The van der Waals surface area contributed by atoms with Crippen molar-refractivity contribution in [2.45, 2.75) is 13.3 Å². The van der Waals surface area contributed by atoms with Crippen LogP contribution in [0.3, 0.4) is 0 Å². The summed E-state index contributed by atoms with van der Waals surface area (Å²) in [6, 6.07) is 5.30. The highest BCUT2D eigenvalue weighted by Gasteiger charge is 2.25. The first-order chi connectivity index (χ1) is 8.41. The molecule has 1 heterocycles. The molecule has 0 aliphatic carbocycles. The second-order valence-corrected chi connectivity index (χ2v) is 4.36. The van der Waals surface area contributed by atoms with Gasteiger partial charge in [0.25, 0.3) is 5.91 Å². The number of fused-ring (bicyclic) bond motifs is 1. The van der Waals surface area contributed by atoms with E-state index in [1.54, 1.807) is 37.2 Å². The fourth-order valence-electron chi connectivity index (χ4n) is 2.02. The number of carbonyl (C=O) groups is 3. The van der Waals surface area contributed by atoms with Crippen LogP contribution in [-0.2, 0) is 20.8 Å². The molecule has 0 bridgehead atoms. The summed E-state index contributed by atoms with van der Waals surface area (Å²) in [6.45, 7) is 1.24. The Kier molecular flexibility index (Phi) is 2.90. The normalized spacial score (nSPS) is 13.5. The zero-order valence-electron chi connectivity index (χ0n) is 10.6. The molecule has 1 aliphatic heterocycles. The lowest BCUT2D eigenvalue weighted by molar-refractivity contribution is -0.134. The summed E-state index contributed by atoms with van der Waals surface area (Å²) in [4.78, 5) is 37.0. The molecule has 2 rings (SSSR count). The van der Waals surface area contributed by atoms with Crippen molar-refractivity contribution in [3.63, 3.8) is 0 Å². The van der Waals surface area contributed by atoms with Crippen LogP contribution in [0.15, 0.2) is 18.2 Å². The molecule has 0 saturated heterocycles. The molecule has 5 heteroatoms. The van der Waals surface area contributed by atoms with E-state index in [1.807, 2.05) is 0 Å². The molecular weight excluding hydrogens is 232 g/mol. The van der Waals surface area contributed by atoms with Crippen LogP contribution >= 0.6 is 0 Å². The van der Waals surface area contributed by atoms with E-state index in [1.165, 1.54) is 11.8 Å². The van der Waals surface area contributed by atoms with Crippen LogP contribution in [0.4, 0.5) is 11.4 Å². The first kappa shape index (κ1) is 12.3. The lowest BCUT2D eigenvalue weighted by atomic mass is 10.1. The Morgan fingerprint density at radius 3 is 2.61 bits per heavy atom. The van der Waals surface area contributed by atoms with Crippen LogP contribution in [0, 0.1) is 0 Å². The van der Waals surface area contributed by atoms with Crippen LogP contribution in [0.5, 0.6) is 0 Å². The van der Waals surface area contributed by atoms with Crippen molar-refractivity contribution in [3.8, 4) is 0 Å². The van der Waals surface area contributed by atoms with Gasteiger partial charge in [-0.15, -0.1) is 0 Å². The summed E-state index contributed by atoms with van der Waals surface area (Å²) in [5.74, 6) is -1.04. The minimum absolute atomic E-state index is 0.0303. The fraction of sp³-hybridized carbons (Fsp3) is 0.308. The van der Waals surface area contributed by atoms with Crippen molar-refractivity contribution in [1.82, 2.24) is 0 Å². The van der Waals surface area contributed by atoms with Crippen LogP contribution in [-0.4, -0.2) is 31.7 Å². The highest BCUT2D eigenvalue weighted by Crippen LogP contribution is 2.31. The van der Waals surface area contributed by atoms with Crippen LogP contribution in [0.2, 0.25) is 0 Å². The number of rotatable bonds is 2. The SMILES string of the molecule is CC(=O)C(=O)N(C)c1ccc2c(c1)CC(=O)N2C. The van der Waals surface area contributed by atoms with Crippen molar-refractivity contribution >= 4 is 29.0 Å². The van der Waals surface area contributed by atoms with E-state index in [0.717, 1.165) is 11.3 Å². The van der Waals surface area contributed by atoms with Crippen LogP contribution in [0.25, 0.3) is 0 Å². The molecule has 2 amide bonds. The maximum Gasteiger partial charge on any atom is 0.293 e. The summed E-state index contributed by atoms with van der Waals surface area (Å²) in [5, 5.41) is 0. The third-order valence-electron chi connectivity index (χ3n) is 3.13. The van der Waals surface area contributed by atoms with Gasteiger partial charge in [-0.1, -0.05) is 0 Å². The number of carbonyl (C=O) groups excluding carboxylic acids is 3. The quantitative estimate of drug-likeness (QED) is 0.724. The lowest BCUT2D eigenvalue weighted by Crippen LogP contribution is -2.31. The molecule has 0 unspecified atom stereocenters. The summed E-state index contributed by atoms with van der Waals surface area (Å²) in [6.07, 6.45) is 0.335. The van der Waals surface area contributed by atoms with Gasteiger partial charge in [-0.05, 0) is 23.8 Å².